The molecule has 0 bridgehead atoms. The maximum absolute atomic E-state index is 7.31. The van der Waals surface area contributed by atoms with Crippen LogP contribution in [0.2, 0.25) is 0 Å². The SMILES string of the molecule is CN(c1ccc(C(=N)N)cc1)c1nnnn1C. The predicted molar refractivity (Wildman–Crippen MR) is 64.3 cm³/mol. The van der Waals surface area contributed by atoms with Gasteiger partial charge in [0.1, 0.15) is 5.84 Å². The van der Waals surface area contributed by atoms with Crippen LogP contribution in [0.3, 0.4) is 0 Å². The zero-order valence-corrected chi connectivity index (χ0v) is 9.62. The zero-order chi connectivity index (χ0) is 12.4. The van der Waals surface area contributed by atoms with Crippen LogP contribution >= 0.6 is 0 Å². The van der Waals surface area contributed by atoms with Crippen molar-refractivity contribution in [3.63, 3.8) is 0 Å². The van der Waals surface area contributed by atoms with E-state index in [9.17, 15) is 0 Å². The largest absolute Gasteiger partial charge is 0.384 e. The average molecular weight is 231 g/mol. The van der Waals surface area contributed by atoms with Gasteiger partial charge in [0, 0.05) is 25.3 Å². The lowest BCUT2D eigenvalue weighted by atomic mass is 10.2. The first kappa shape index (κ1) is 11.1. The van der Waals surface area contributed by atoms with E-state index in [1.165, 1.54) is 0 Å². The molecule has 0 radical (unpaired) electrons. The van der Waals surface area contributed by atoms with Crippen molar-refractivity contribution in [3.05, 3.63) is 29.8 Å². The first-order chi connectivity index (χ1) is 8.09. The molecule has 0 aliphatic heterocycles. The number of nitrogens with one attached hydrogen (secondary N) is 1. The van der Waals surface area contributed by atoms with Crippen LogP contribution in [0.5, 0.6) is 0 Å². The minimum atomic E-state index is 0.0551. The summed E-state index contributed by atoms with van der Waals surface area (Å²) in [5.41, 5.74) is 7.01. The van der Waals surface area contributed by atoms with Gasteiger partial charge in [-0.3, -0.25) is 5.41 Å². The van der Waals surface area contributed by atoms with E-state index in [4.69, 9.17) is 11.1 Å². The Balaban J connectivity index is 2.29. The summed E-state index contributed by atoms with van der Waals surface area (Å²) in [6.45, 7) is 0. The van der Waals surface area contributed by atoms with Gasteiger partial charge in [0.05, 0.1) is 0 Å². The van der Waals surface area contributed by atoms with Crippen LogP contribution in [0.15, 0.2) is 24.3 Å². The third-order valence-electron chi connectivity index (χ3n) is 2.46. The van der Waals surface area contributed by atoms with Gasteiger partial charge in [-0.2, -0.15) is 0 Å². The van der Waals surface area contributed by atoms with Crippen LogP contribution in [-0.4, -0.2) is 33.1 Å². The van der Waals surface area contributed by atoms with Crippen LogP contribution in [0, 0.1) is 5.41 Å². The Bertz CT molecular complexity index is 528. The summed E-state index contributed by atoms with van der Waals surface area (Å²) in [4.78, 5) is 1.85. The second kappa shape index (κ2) is 4.20. The molecule has 0 saturated heterocycles. The molecule has 0 fully saturated rings. The van der Waals surface area contributed by atoms with Gasteiger partial charge in [-0.05, 0) is 34.7 Å². The first-order valence-corrected chi connectivity index (χ1v) is 5.00. The number of anilines is 2. The molecule has 2 aromatic rings. The number of hydrogen-bond acceptors (Lipinski definition) is 5. The van der Waals surface area contributed by atoms with E-state index in [1.807, 2.05) is 24.1 Å². The summed E-state index contributed by atoms with van der Waals surface area (Å²) in [6, 6.07) is 7.31. The summed E-state index contributed by atoms with van der Waals surface area (Å²) in [6.07, 6.45) is 0. The molecule has 1 aromatic carbocycles. The molecular weight excluding hydrogens is 218 g/mol. The van der Waals surface area contributed by atoms with Crippen LogP contribution < -0.4 is 10.6 Å². The highest BCUT2D eigenvalue weighted by Gasteiger charge is 2.10. The lowest BCUT2D eigenvalue weighted by Crippen LogP contribution is -2.15. The molecule has 0 amide bonds. The maximum atomic E-state index is 7.31. The van der Waals surface area contributed by atoms with Crippen molar-refractivity contribution >= 4 is 17.5 Å². The van der Waals surface area contributed by atoms with Gasteiger partial charge in [-0.25, -0.2) is 4.68 Å². The van der Waals surface area contributed by atoms with Gasteiger partial charge in [0.25, 0.3) is 0 Å². The second-order valence-electron chi connectivity index (χ2n) is 3.62. The number of hydrogen-bond donors (Lipinski definition) is 2. The number of amidine groups is 1. The van der Waals surface area contributed by atoms with E-state index >= 15 is 0 Å². The smallest absolute Gasteiger partial charge is 0.249 e. The molecular formula is C10H13N7. The van der Waals surface area contributed by atoms with Crippen LogP contribution in [0.1, 0.15) is 5.56 Å². The summed E-state index contributed by atoms with van der Waals surface area (Å²) >= 11 is 0. The van der Waals surface area contributed by atoms with Gasteiger partial charge < -0.3 is 10.6 Å². The number of aryl methyl sites for hydroxylation is 1. The topological polar surface area (TPSA) is 96.7 Å². The van der Waals surface area contributed by atoms with E-state index in [0.29, 0.717) is 11.5 Å². The molecule has 88 valence electrons. The van der Waals surface area contributed by atoms with Crippen LogP contribution in [0.4, 0.5) is 11.6 Å². The lowest BCUT2D eigenvalue weighted by molar-refractivity contribution is 0.708. The van der Waals surface area contributed by atoms with Crippen molar-refractivity contribution in [2.45, 2.75) is 0 Å². The standard InChI is InChI=1S/C10H13N7/c1-16(10-13-14-15-17(10)2)8-5-3-7(4-6-8)9(11)12/h3-6H,1-2H3,(H3,11,12). The van der Waals surface area contributed by atoms with Crippen molar-refractivity contribution in [1.29, 1.82) is 5.41 Å². The van der Waals surface area contributed by atoms with E-state index in [0.717, 1.165) is 5.69 Å². The molecule has 0 saturated carbocycles. The summed E-state index contributed by atoms with van der Waals surface area (Å²) < 4.78 is 1.58. The van der Waals surface area contributed by atoms with Crippen molar-refractivity contribution in [1.82, 2.24) is 20.2 Å². The monoisotopic (exact) mass is 231 g/mol. The van der Waals surface area contributed by atoms with Gasteiger partial charge in [0.2, 0.25) is 5.95 Å². The van der Waals surface area contributed by atoms with Gasteiger partial charge in [0.15, 0.2) is 0 Å². The summed E-state index contributed by atoms with van der Waals surface area (Å²) in [5, 5.41) is 18.6. The minimum Gasteiger partial charge on any atom is -0.384 e. The maximum Gasteiger partial charge on any atom is 0.249 e. The number of nitrogen functional groups attached to an aromatic ring is 1. The van der Waals surface area contributed by atoms with E-state index in [2.05, 4.69) is 15.5 Å². The predicted octanol–water partition coefficient (Wildman–Crippen LogP) is 0.262. The number of nitrogens with two attached hydrogens (primary N) is 1. The Labute approximate surface area is 98.4 Å². The lowest BCUT2D eigenvalue weighted by Gasteiger charge is -2.16. The Kier molecular flexibility index (Phi) is 2.73. The molecule has 7 heteroatoms. The fraction of sp³-hybridized carbons (Fsp3) is 0.200. The van der Waals surface area contributed by atoms with Crippen LogP contribution in [-0.2, 0) is 7.05 Å². The average Bonchev–Trinajstić information content (AvgIpc) is 2.74. The number of benzene rings is 1. The molecule has 1 heterocycles. The zero-order valence-electron chi connectivity index (χ0n) is 9.62. The summed E-state index contributed by atoms with van der Waals surface area (Å²) in [5.74, 6) is 0.695. The molecule has 0 aliphatic rings. The Morgan fingerprint density at radius 3 is 2.47 bits per heavy atom. The highest BCUT2D eigenvalue weighted by atomic mass is 15.6. The van der Waals surface area contributed by atoms with E-state index in [-0.39, 0.29) is 5.84 Å². The number of rotatable bonds is 3. The number of aromatic nitrogens is 4. The molecule has 17 heavy (non-hydrogen) atoms. The highest BCUT2D eigenvalue weighted by molar-refractivity contribution is 5.95. The second-order valence-corrected chi connectivity index (χ2v) is 3.62. The highest BCUT2D eigenvalue weighted by Crippen LogP contribution is 2.20. The molecule has 0 spiro atoms. The van der Waals surface area contributed by atoms with E-state index in [1.54, 1.807) is 23.9 Å². The van der Waals surface area contributed by atoms with Crippen molar-refractivity contribution in [2.24, 2.45) is 12.8 Å². The van der Waals surface area contributed by atoms with Gasteiger partial charge in [-0.15, -0.1) is 0 Å². The quantitative estimate of drug-likeness (QED) is 0.583. The first-order valence-electron chi connectivity index (χ1n) is 5.00. The van der Waals surface area contributed by atoms with Gasteiger partial charge in [-0.1, -0.05) is 5.10 Å². The third-order valence-corrected chi connectivity index (χ3v) is 2.46. The molecule has 3 N–H and O–H groups in total. The molecule has 0 atom stereocenters. The number of nitrogens with zero attached hydrogens (tertiary/aromatic N) is 5. The molecule has 2 rings (SSSR count). The fourth-order valence-corrected chi connectivity index (χ4v) is 1.49. The molecule has 1 aromatic heterocycles. The normalized spacial score (nSPS) is 10.2. The van der Waals surface area contributed by atoms with Crippen molar-refractivity contribution in [3.8, 4) is 0 Å². The van der Waals surface area contributed by atoms with Crippen LogP contribution in [0.25, 0.3) is 0 Å². The Morgan fingerprint density at radius 2 is 2.00 bits per heavy atom. The Hall–Kier alpha value is -2.44. The molecule has 0 aliphatic carbocycles. The third kappa shape index (κ3) is 2.07. The van der Waals surface area contributed by atoms with E-state index < -0.39 is 0 Å². The summed E-state index contributed by atoms with van der Waals surface area (Å²) in [7, 11) is 3.64. The minimum absolute atomic E-state index is 0.0551. The van der Waals surface area contributed by atoms with Gasteiger partial charge >= 0.3 is 0 Å². The fourth-order valence-electron chi connectivity index (χ4n) is 1.49. The van der Waals surface area contributed by atoms with Crippen molar-refractivity contribution < 1.29 is 0 Å². The Morgan fingerprint density at radius 1 is 1.35 bits per heavy atom. The molecule has 0 unspecified atom stereocenters. The van der Waals surface area contributed by atoms with Crippen molar-refractivity contribution in [2.75, 3.05) is 11.9 Å². The number of tetrazole rings is 1. The molecule has 7 nitrogen and oxygen atoms in total.